The average molecular weight is 472 g/mol. The number of oxazole rings is 1. The lowest BCUT2D eigenvalue weighted by molar-refractivity contribution is -0.124. The Morgan fingerprint density at radius 1 is 1.14 bits per heavy atom. The largest absolute Gasteiger partial charge is 0.417 e. The monoisotopic (exact) mass is 471 g/mol. The lowest BCUT2D eigenvalue weighted by atomic mass is 9.94. The lowest BCUT2D eigenvalue weighted by Crippen LogP contribution is -2.41. The van der Waals surface area contributed by atoms with Crippen LogP contribution in [0.2, 0.25) is 0 Å². The molecular formula is C27H29N5O3. The molecule has 180 valence electrons. The van der Waals surface area contributed by atoms with Crippen molar-refractivity contribution in [1.82, 2.24) is 25.0 Å². The molecule has 8 heteroatoms. The van der Waals surface area contributed by atoms with Gasteiger partial charge in [-0.25, -0.2) is 4.79 Å². The molecule has 2 aromatic carbocycles. The van der Waals surface area contributed by atoms with E-state index in [0.29, 0.717) is 17.6 Å². The van der Waals surface area contributed by atoms with Crippen molar-refractivity contribution >= 4 is 17.0 Å². The highest BCUT2D eigenvalue weighted by Crippen LogP contribution is 2.49. The predicted octanol–water partition coefficient (Wildman–Crippen LogP) is 3.35. The van der Waals surface area contributed by atoms with Crippen molar-refractivity contribution in [2.24, 2.45) is 0 Å². The van der Waals surface area contributed by atoms with Gasteiger partial charge >= 0.3 is 5.76 Å². The van der Waals surface area contributed by atoms with Crippen LogP contribution in [0.15, 0.2) is 70.1 Å². The number of nitrogens with one attached hydrogen (secondary N) is 2. The quantitative estimate of drug-likeness (QED) is 0.411. The number of fused-ring (bicyclic) bond motifs is 1. The highest BCUT2D eigenvalue weighted by atomic mass is 16.4. The molecule has 1 aliphatic carbocycles. The molecule has 1 saturated heterocycles. The molecule has 35 heavy (non-hydrogen) atoms. The van der Waals surface area contributed by atoms with Gasteiger partial charge < -0.3 is 14.6 Å². The molecule has 2 aromatic heterocycles. The number of benzene rings is 2. The number of aromatic amines is 1. The summed E-state index contributed by atoms with van der Waals surface area (Å²) in [6.07, 6.45) is 7.90. The summed E-state index contributed by atoms with van der Waals surface area (Å²) in [5, 5.41) is 7.95. The van der Waals surface area contributed by atoms with Crippen LogP contribution < -0.4 is 11.1 Å². The molecule has 6 rings (SSSR count). The van der Waals surface area contributed by atoms with E-state index in [9.17, 15) is 9.59 Å². The number of aromatic nitrogens is 3. The minimum absolute atomic E-state index is 0.0303. The summed E-state index contributed by atoms with van der Waals surface area (Å²) < 4.78 is 7.07. The molecule has 3 heterocycles. The van der Waals surface area contributed by atoms with Crippen LogP contribution in [0.25, 0.3) is 11.1 Å². The summed E-state index contributed by atoms with van der Waals surface area (Å²) in [5.74, 6) is -0.452. The van der Waals surface area contributed by atoms with Gasteiger partial charge in [0.05, 0.1) is 29.7 Å². The molecule has 1 atom stereocenters. The minimum Gasteiger partial charge on any atom is -0.408 e. The number of amides is 1. The van der Waals surface area contributed by atoms with Gasteiger partial charge in [0, 0.05) is 18.3 Å². The van der Waals surface area contributed by atoms with Crippen molar-refractivity contribution in [3.63, 3.8) is 0 Å². The average Bonchev–Trinajstić information content (AvgIpc) is 3.16. The third kappa shape index (κ3) is 4.41. The third-order valence-corrected chi connectivity index (χ3v) is 7.34. The Morgan fingerprint density at radius 2 is 1.94 bits per heavy atom. The molecule has 2 aliphatic rings. The summed E-state index contributed by atoms with van der Waals surface area (Å²) >= 11 is 0. The van der Waals surface area contributed by atoms with Crippen LogP contribution in [0.3, 0.4) is 0 Å². The fraction of sp³-hybridized carbons (Fsp3) is 0.370. The van der Waals surface area contributed by atoms with E-state index < -0.39 is 11.2 Å². The second-order valence-corrected chi connectivity index (χ2v) is 9.80. The Hall–Kier alpha value is -3.65. The number of nitrogens with zero attached hydrogens (tertiary/aromatic N) is 3. The molecule has 1 saturated carbocycles. The molecule has 1 amide bonds. The molecule has 1 unspecified atom stereocenters. The molecular weight excluding hydrogens is 442 g/mol. The summed E-state index contributed by atoms with van der Waals surface area (Å²) in [7, 11) is 0. The molecule has 1 aliphatic heterocycles. The second kappa shape index (κ2) is 8.85. The minimum atomic E-state index is -0.564. The van der Waals surface area contributed by atoms with Crippen LogP contribution in [0.5, 0.6) is 0 Å². The normalized spacial score (nSPS) is 18.1. The number of carbonyl (C=O) groups excluding carboxylic acids is 1. The zero-order valence-electron chi connectivity index (χ0n) is 19.6. The molecule has 8 nitrogen and oxygen atoms in total. The smallest absolute Gasteiger partial charge is 0.408 e. The number of likely N-dealkylation sites (tertiary alicyclic amines) is 1. The topological polar surface area (TPSA) is 96.2 Å². The first-order chi connectivity index (χ1) is 17.1. The Labute approximate surface area is 202 Å². The number of hydrogen-bond donors (Lipinski definition) is 2. The van der Waals surface area contributed by atoms with Gasteiger partial charge in [-0.2, -0.15) is 5.10 Å². The number of rotatable bonds is 8. The van der Waals surface area contributed by atoms with E-state index in [4.69, 9.17) is 4.42 Å². The molecule has 0 bridgehead atoms. The van der Waals surface area contributed by atoms with Crippen molar-refractivity contribution in [1.29, 1.82) is 0 Å². The van der Waals surface area contributed by atoms with Gasteiger partial charge in [-0.3, -0.25) is 14.5 Å². The zero-order valence-corrected chi connectivity index (χ0v) is 19.6. The zero-order chi connectivity index (χ0) is 23.8. The molecule has 0 spiro atoms. The molecule has 4 aromatic rings. The fourth-order valence-corrected chi connectivity index (χ4v) is 5.19. The third-order valence-electron chi connectivity index (χ3n) is 7.34. The SMILES string of the molecule is O=C(NC(CN1CCCC1)c1cnn(Cc2ccccc2)c1)C1(c2ccc3oc(=O)[nH]c3c2)CC1. The number of hydrogen-bond acceptors (Lipinski definition) is 5. The standard InChI is InChI=1S/C27H29N5O3/c33-25(27(10-11-27)21-8-9-24-22(14-21)30-26(34)35-24)29-23(18-31-12-4-5-13-31)20-15-28-32(17-20)16-19-6-2-1-3-7-19/h1-3,6-9,14-15,17,23H,4-5,10-13,16,18H2,(H,29,33)(H,30,34). The maximum absolute atomic E-state index is 13.7. The first kappa shape index (κ1) is 21.9. The fourth-order valence-electron chi connectivity index (χ4n) is 5.19. The summed E-state index contributed by atoms with van der Waals surface area (Å²) in [5.41, 5.74) is 3.69. The van der Waals surface area contributed by atoms with E-state index in [0.717, 1.165) is 43.6 Å². The second-order valence-electron chi connectivity index (χ2n) is 9.80. The Balaban J connectivity index is 1.24. The van der Waals surface area contributed by atoms with E-state index >= 15 is 0 Å². The van der Waals surface area contributed by atoms with Crippen LogP contribution in [-0.2, 0) is 16.8 Å². The summed E-state index contributed by atoms with van der Waals surface area (Å²) in [6.45, 7) is 3.57. The maximum atomic E-state index is 13.7. The van der Waals surface area contributed by atoms with Gasteiger partial charge in [-0.1, -0.05) is 36.4 Å². The van der Waals surface area contributed by atoms with Crippen molar-refractivity contribution in [3.8, 4) is 0 Å². The van der Waals surface area contributed by atoms with Gasteiger partial charge in [0.2, 0.25) is 5.91 Å². The van der Waals surface area contributed by atoms with E-state index in [2.05, 4.69) is 38.6 Å². The number of H-pyrrole nitrogens is 1. The van der Waals surface area contributed by atoms with E-state index in [1.165, 1.54) is 18.4 Å². The highest BCUT2D eigenvalue weighted by molar-refractivity contribution is 5.92. The summed E-state index contributed by atoms with van der Waals surface area (Å²) in [4.78, 5) is 30.4. The van der Waals surface area contributed by atoms with E-state index in [1.54, 1.807) is 6.07 Å². The van der Waals surface area contributed by atoms with Crippen LogP contribution in [0.1, 0.15) is 48.4 Å². The van der Waals surface area contributed by atoms with Crippen molar-refractivity contribution in [2.75, 3.05) is 19.6 Å². The Bertz CT molecular complexity index is 1390. The van der Waals surface area contributed by atoms with Crippen LogP contribution in [0, 0.1) is 0 Å². The number of carbonyl (C=O) groups is 1. The highest BCUT2D eigenvalue weighted by Gasteiger charge is 2.52. The van der Waals surface area contributed by atoms with Crippen LogP contribution in [-0.4, -0.2) is 45.2 Å². The van der Waals surface area contributed by atoms with Gasteiger partial charge in [0.1, 0.15) is 0 Å². The van der Waals surface area contributed by atoms with Crippen molar-refractivity contribution < 1.29 is 9.21 Å². The van der Waals surface area contributed by atoms with Crippen molar-refractivity contribution in [3.05, 3.63) is 88.2 Å². The van der Waals surface area contributed by atoms with Gasteiger partial charge in [-0.15, -0.1) is 0 Å². The van der Waals surface area contributed by atoms with E-state index in [1.807, 2.05) is 41.2 Å². The maximum Gasteiger partial charge on any atom is 0.417 e. The lowest BCUT2D eigenvalue weighted by Gasteiger charge is -2.26. The summed E-state index contributed by atoms with van der Waals surface area (Å²) in [6, 6.07) is 15.7. The van der Waals surface area contributed by atoms with E-state index in [-0.39, 0.29) is 11.9 Å². The predicted molar refractivity (Wildman–Crippen MR) is 132 cm³/mol. The van der Waals surface area contributed by atoms with Crippen molar-refractivity contribution in [2.45, 2.75) is 43.7 Å². The molecule has 2 fully saturated rings. The first-order valence-corrected chi connectivity index (χ1v) is 12.3. The van der Waals surface area contributed by atoms with Gasteiger partial charge in [0.25, 0.3) is 0 Å². The Kier molecular flexibility index (Phi) is 5.53. The van der Waals surface area contributed by atoms with Gasteiger partial charge in [0.15, 0.2) is 5.58 Å². The molecule has 2 N–H and O–H groups in total. The molecule has 0 radical (unpaired) electrons. The van der Waals surface area contributed by atoms with Crippen LogP contribution in [0.4, 0.5) is 0 Å². The van der Waals surface area contributed by atoms with Crippen LogP contribution >= 0.6 is 0 Å². The first-order valence-electron chi connectivity index (χ1n) is 12.3. The Morgan fingerprint density at radius 3 is 2.71 bits per heavy atom. The van der Waals surface area contributed by atoms with Gasteiger partial charge in [-0.05, 0) is 62.0 Å².